The quantitative estimate of drug-likeness (QED) is 0.845. The fourth-order valence-electron chi connectivity index (χ4n) is 1.58. The second-order valence-corrected chi connectivity index (χ2v) is 3.81. The van der Waals surface area contributed by atoms with Gasteiger partial charge in [-0.15, -0.1) is 0 Å². The smallest absolute Gasteiger partial charge is 0.333 e. The van der Waals surface area contributed by atoms with Crippen LogP contribution in [0.2, 0.25) is 0 Å². The maximum absolute atomic E-state index is 12.3. The van der Waals surface area contributed by atoms with Gasteiger partial charge in [0.2, 0.25) is 0 Å². The van der Waals surface area contributed by atoms with Crippen molar-refractivity contribution < 1.29 is 18.4 Å². The second kappa shape index (κ2) is 5.07. The maximum atomic E-state index is 12.3. The van der Waals surface area contributed by atoms with E-state index in [1.165, 1.54) is 17.9 Å². The van der Waals surface area contributed by atoms with Gasteiger partial charge in [-0.3, -0.25) is 14.3 Å². The fourth-order valence-corrected chi connectivity index (χ4v) is 1.58. The largest absolute Gasteiger partial charge is 0.364 e. The van der Waals surface area contributed by atoms with E-state index in [0.29, 0.717) is 4.68 Å². The first-order chi connectivity index (χ1) is 9.40. The van der Waals surface area contributed by atoms with Crippen molar-refractivity contribution >= 4 is 17.5 Å². The van der Waals surface area contributed by atoms with Crippen LogP contribution in [0.25, 0.3) is 0 Å². The number of nitrogens with one attached hydrogen (secondary N) is 1. The minimum Gasteiger partial charge on any atom is -0.364 e. The van der Waals surface area contributed by atoms with Crippen LogP contribution in [0, 0.1) is 0 Å². The molecular formula is C10H10F2N6O2. The summed E-state index contributed by atoms with van der Waals surface area (Å²) < 4.78 is 26.2. The van der Waals surface area contributed by atoms with E-state index in [9.17, 15) is 18.4 Å². The standard InChI is InChI=1S/C10H10F2N6O2/c1-17-7(8(13)19)6(4-14-17)15-9(20)5-2-3-18(16-5)10(11)12/h2-4,10H,1H3,(H2,13,19)(H,15,20). The first-order valence-corrected chi connectivity index (χ1v) is 5.36. The molecule has 0 fully saturated rings. The van der Waals surface area contributed by atoms with Gasteiger partial charge in [-0.2, -0.15) is 19.0 Å². The molecule has 0 aliphatic rings. The molecule has 0 saturated carbocycles. The molecule has 3 N–H and O–H groups in total. The van der Waals surface area contributed by atoms with Crippen molar-refractivity contribution in [1.29, 1.82) is 0 Å². The Morgan fingerprint density at radius 1 is 1.45 bits per heavy atom. The highest BCUT2D eigenvalue weighted by atomic mass is 19.3. The van der Waals surface area contributed by atoms with Crippen LogP contribution in [0.5, 0.6) is 0 Å². The van der Waals surface area contributed by atoms with Gasteiger partial charge >= 0.3 is 6.55 Å². The van der Waals surface area contributed by atoms with Gasteiger partial charge < -0.3 is 11.1 Å². The molecule has 0 atom stereocenters. The number of anilines is 1. The molecule has 2 heterocycles. The van der Waals surface area contributed by atoms with E-state index in [2.05, 4.69) is 15.5 Å². The molecule has 8 nitrogen and oxygen atoms in total. The first-order valence-electron chi connectivity index (χ1n) is 5.36. The number of halogens is 2. The Hall–Kier alpha value is -2.78. The fraction of sp³-hybridized carbons (Fsp3) is 0.200. The number of hydrogen-bond acceptors (Lipinski definition) is 4. The summed E-state index contributed by atoms with van der Waals surface area (Å²) in [5.74, 6) is -1.53. The number of aryl methyl sites for hydroxylation is 1. The Morgan fingerprint density at radius 2 is 2.15 bits per heavy atom. The highest BCUT2D eigenvalue weighted by molar-refractivity contribution is 6.07. The number of aromatic nitrogens is 4. The van der Waals surface area contributed by atoms with Gasteiger partial charge in [0.15, 0.2) is 5.69 Å². The SMILES string of the molecule is Cn1ncc(NC(=O)c2ccn(C(F)F)n2)c1C(N)=O. The summed E-state index contributed by atoms with van der Waals surface area (Å²) in [5.41, 5.74) is 5.00. The van der Waals surface area contributed by atoms with Crippen molar-refractivity contribution in [3.63, 3.8) is 0 Å². The van der Waals surface area contributed by atoms with Crippen LogP contribution in [0.4, 0.5) is 14.5 Å². The van der Waals surface area contributed by atoms with Gasteiger partial charge in [0.05, 0.1) is 11.9 Å². The van der Waals surface area contributed by atoms with Crippen LogP contribution in [-0.4, -0.2) is 31.4 Å². The number of alkyl halides is 2. The van der Waals surface area contributed by atoms with E-state index in [0.717, 1.165) is 12.3 Å². The van der Waals surface area contributed by atoms with Crippen LogP contribution < -0.4 is 11.1 Å². The number of hydrogen-bond donors (Lipinski definition) is 2. The number of carbonyl (C=O) groups is 2. The molecule has 2 amide bonds. The number of amides is 2. The minimum absolute atomic E-state index is 0.00774. The predicted molar refractivity (Wildman–Crippen MR) is 63.2 cm³/mol. The van der Waals surface area contributed by atoms with Crippen molar-refractivity contribution in [2.75, 3.05) is 5.32 Å². The minimum atomic E-state index is -2.84. The van der Waals surface area contributed by atoms with E-state index in [1.807, 2.05) is 0 Å². The maximum Gasteiger partial charge on any atom is 0.333 e. The van der Waals surface area contributed by atoms with Crippen molar-refractivity contribution in [2.45, 2.75) is 6.55 Å². The molecule has 0 bridgehead atoms. The van der Waals surface area contributed by atoms with Gasteiger partial charge in [0, 0.05) is 13.2 Å². The molecule has 106 valence electrons. The van der Waals surface area contributed by atoms with E-state index < -0.39 is 18.4 Å². The third kappa shape index (κ3) is 2.48. The zero-order valence-corrected chi connectivity index (χ0v) is 10.2. The van der Waals surface area contributed by atoms with Gasteiger partial charge in [0.1, 0.15) is 5.69 Å². The molecular weight excluding hydrogens is 274 g/mol. The van der Waals surface area contributed by atoms with Crippen LogP contribution in [0.1, 0.15) is 27.5 Å². The summed E-state index contributed by atoms with van der Waals surface area (Å²) in [4.78, 5) is 23.0. The Labute approximate surface area is 111 Å². The topological polar surface area (TPSA) is 108 Å². The zero-order chi connectivity index (χ0) is 14.9. The second-order valence-electron chi connectivity index (χ2n) is 3.81. The van der Waals surface area contributed by atoms with Crippen molar-refractivity contribution in [3.05, 3.63) is 29.8 Å². The number of carbonyl (C=O) groups excluding carboxylic acids is 2. The molecule has 2 aromatic rings. The Morgan fingerprint density at radius 3 is 2.70 bits per heavy atom. The van der Waals surface area contributed by atoms with Crippen molar-refractivity contribution in [1.82, 2.24) is 19.6 Å². The summed E-state index contributed by atoms with van der Waals surface area (Å²) in [7, 11) is 1.47. The van der Waals surface area contributed by atoms with Crippen molar-refractivity contribution in [3.8, 4) is 0 Å². The summed E-state index contributed by atoms with van der Waals surface area (Å²) in [6.45, 7) is -2.84. The molecule has 20 heavy (non-hydrogen) atoms. The van der Waals surface area contributed by atoms with Gasteiger partial charge in [-0.25, -0.2) is 4.68 Å². The lowest BCUT2D eigenvalue weighted by molar-refractivity contribution is 0.0561. The Bertz CT molecular complexity index is 663. The lowest BCUT2D eigenvalue weighted by Gasteiger charge is -2.03. The number of primary amides is 1. The van der Waals surface area contributed by atoms with E-state index >= 15 is 0 Å². The third-order valence-electron chi connectivity index (χ3n) is 2.46. The van der Waals surface area contributed by atoms with E-state index in [-0.39, 0.29) is 17.1 Å². The molecule has 0 spiro atoms. The third-order valence-corrected chi connectivity index (χ3v) is 2.46. The summed E-state index contributed by atoms with van der Waals surface area (Å²) >= 11 is 0. The Balaban J connectivity index is 2.21. The average Bonchev–Trinajstić information content (AvgIpc) is 2.96. The molecule has 2 rings (SSSR count). The number of rotatable bonds is 4. The van der Waals surface area contributed by atoms with Crippen LogP contribution >= 0.6 is 0 Å². The van der Waals surface area contributed by atoms with Crippen LogP contribution in [-0.2, 0) is 7.05 Å². The molecule has 0 saturated heterocycles. The molecule has 0 aliphatic carbocycles. The van der Waals surface area contributed by atoms with Crippen molar-refractivity contribution in [2.24, 2.45) is 12.8 Å². The van der Waals surface area contributed by atoms with Crippen LogP contribution in [0.15, 0.2) is 18.5 Å². The number of nitrogens with two attached hydrogens (primary N) is 1. The lowest BCUT2D eigenvalue weighted by Crippen LogP contribution is -2.20. The molecule has 0 aliphatic heterocycles. The predicted octanol–water partition coefficient (Wildman–Crippen LogP) is 0.363. The van der Waals surface area contributed by atoms with E-state index in [1.54, 1.807) is 0 Å². The summed E-state index contributed by atoms with van der Waals surface area (Å²) in [6.07, 6.45) is 2.19. The molecule has 10 heteroatoms. The highest BCUT2D eigenvalue weighted by Crippen LogP contribution is 2.15. The Kier molecular flexibility index (Phi) is 3.46. The first kappa shape index (κ1) is 13.6. The summed E-state index contributed by atoms with van der Waals surface area (Å²) in [5, 5.41) is 9.51. The zero-order valence-electron chi connectivity index (χ0n) is 10.2. The molecule has 0 aromatic carbocycles. The number of nitrogens with zero attached hydrogens (tertiary/aromatic N) is 4. The van der Waals surface area contributed by atoms with E-state index in [4.69, 9.17) is 5.73 Å². The van der Waals surface area contributed by atoms with Crippen LogP contribution in [0.3, 0.4) is 0 Å². The molecule has 2 aromatic heterocycles. The average molecular weight is 284 g/mol. The molecule has 0 radical (unpaired) electrons. The van der Waals surface area contributed by atoms with Gasteiger partial charge in [-0.05, 0) is 6.07 Å². The highest BCUT2D eigenvalue weighted by Gasteiger charge is 2.19. The van der Waals surface area contributed by atoms with Gasteiger partial charge in [0.25, 0.3) is 11.8 Å². The monoisotopic (exact) mass is 284 g/mol. The lowest BCUT2D eigenvalue weighted by atomic mass is 10.3. The molecule has 0 unspecified atom stereocenters. The summed E-state index contributed by atoms with van der Waals surface area (Å²) in [6, 6.07) is 1.13. The normalized spacial score (nSPS) is 10.8. The van der Waals surface area contributed by atoms with Gasteiger partial charge in [-0.1, -0.05) is 0 Å².